The molecule has 0 aliphatic rings. The van der Waals surface area contributed by atoms with Crippen LogP contribution in [0, 0.1) is 11.6 Å². The second-order valence-corrected chi connectivity index (χ2v) is 6.94. The number of aliphatic hydroxyl groups excluding tert-OH is 1. The van der Waals surface area contributed by atoms with Gasteiger partial charge in [-0.1, -0.05) is 30.3 Å². The van der Waals surface area contributed by atoms with Crippen LogP contribution in [-0.4, -0.2) is 30.8 Å². The lowest BCUT2D eigenvalue weighted by atomic mass is 10.0. The molecular weight excluding hydrogens is 461 g/mol. The van der Waals surface area contributed by atoms with E-state index in [-0.39, 0.29) is 27.3 Å². The van der Waals surface area contributed by atoms with Crippen LogP contribution in [0.4, 0.5) is 8.78 Å². The summed E-state index contributed by atoms with van der Waals surface area (Å²) in [5.74, 6) is -1.50. The predicted molar refractivity (Wildman–Crippen MR) is 114 cm³/mol. The molecule has 1 atom stereocenters. The summed E-state index contributed by atoms with van der Waals surface area (Å²) >= 11 is 11.0. The van der Waals surface area contributed by atoms with Crippen molar-refractivity contribution >= 4 is 29.0 Å². The Labute approximate surface area is 191 Å². The standard InChI is InChI=1S/C11H8ClFN2O.C11H6ClFN2O/c2*12-11-14-5-7(6-15-11)10(16)8-3-1-2-4-9(8)13/h1-6,10,16H;1-6H. The largest absolute Gasteiger partial charge is 0.383 e. The molecule has 32 heavy (non-hydrogen) atoms. The third-order valence-corrected chi connectivity index (χ3v) is 4.55. The number of aliphatic hydroxyl groups is 1. The summed E-state index contributed by atoms with van der Waals surface area (Å²) in [5, 5.41) is 10.0. The van der Waals surface area contributed by atoms with Gasteiger partial charge in [-0.2, -0.15) is 0 Å². The van der Waals surface area contributed by atoms with E-state index in [1.54, 1.807) is 18.2 Å². The quantitative estimate of drug-likeness (QED) is 0.335. The fraction of sp³-hybridized carbons (Fsp3) is 0.0455. The summed E-state index contributed by atoms with van der Waals surface area (Å²) in [6.45, 7) is 0. The zero-order valence-electron chi connectivity index (χ0n) is 16.2. The highest BCUT2D eigenvalue weighted by Gasteiger charge is 2.15. The van der Waals surface area contributed by atoms with Crippen LogP contribution >= 0.6 is 23.2 Å². The molecule has 2 heterocycles. The van der Waals surface area contributed by atoms with E-state index in [1.807, 2.05) is 0 Å². The van der Waals surface area contributed by atoms with Crippen molar-refractivity contribution in [2.24, 2.45) is 0 Å². The first kappa shape index (κ1) is 23.3. The van der Waals surface area contributed by atoms with Crippen LogP contribution in [0.15, 0.2) is 73.3 Å². The summed E-state index contributed by atoms with van der Waals surface area (Å²) in [6.07, 6.45) is 4.19. The maximum atomic E-state index is 13.4. The Balaban J connectivity index is 0.000000181. The minimum Gasteiger partial charge on any atom is -0.383 e. The molecule has 0 bridgehead atoms. The molecule has 1 N–H and O–H groups in total. The molecular formula is C22H14Cl2F2N4O2. The Bertz CT molecular complexity index is 1210. The Morgan fingerprint density at radius 1 is 0.781 bits per heavy atom. The monoisotopic (exact) mass is 474 g/mol. The number of aromatic nitrogens is 4. The minimum atomic E-state index is -1.08. The number of ketones is 1. The molecule has 0 saturated carbocycles. The molecule has 4 rings (SSSR count). The zero-order chi connectivity index (χ0) is 23.1. The number of hydrogen-bond acceptors (Lipinski definition) is 6. The van der Waals surface area contributed by atoms with Gasteiger partial charge in [0.1, 0.15) is 17.7 Å². The molecule has 0 fully saturated rings. The van der Waals surface area contributed by atoms with Crippen molar-refractivity contribution in [3.8, 4) is 0 Å². The highest BCUT2D eigenvalue weighted by Crippen LogP contribution is 2.23. The Hall–Kier alpha value is -3.33. The topological polar surface area (TPSA) is 88.9 Å². The lowest BCUT2D eigenvalue weighted by Crippen LogP contribution is -2.05. The van der Waals surface area contributed by atoms with Crippen molar-refractivity contribution in [1.82, 2.24) is 19.9 Å². The second-order valence-electron chi connectivity index (χ2n) is 6.26. The number of nitrogens with zero attached hydrogens (tertiary/aromatic N) is 4. The third-order valence-electron chi connectivity index (χ3n) is 4.16. The normalized spacial score (nSPS) is 11.3. The van der Waals surface area contributed by atoms with Crippen LogP contribution in [0.1, 0.15) is 33.2 Å². The first-order chi connectivity index (χ1) is 15.4. The highest BCUT2D eigenvalue weighted by molar-refractivity contribution is 6.28. The van der Waals surface area contributed by atoms with E-state index in [1.165, 1.54) is 55.1 Å². The Kier molecular flexibility index (Phi) is 7.88. The molecule has 1 unspecified atom stereocenters. The average Bonchev–Trinajstić information content (AvgIpc) is 2.80. The van der Waals surface area contributed by atoms with E-state index in [0.29, 0.717) is 5.56 Å². The van der Waals surface area contributed by atoms with Gasteiger partial charge >= 0.3 is 0 Å². The average molecular weight is 475 g/mol. The highest BCUT2D eigenvalue weighted by atomic mass is 35.5. The maximum absolute atomic E-state index is 13.4. The summed E-state index contributed by atoms with van der Waals surface area (Å²) in [4.78, 5) is 26.6. The molecule has 0 radical (unpaired) electrons. The molecule has 0 amide bonds. The summed E-state index contributed by atoms with van der Waals surface area (Å²) < 4.78 is 26.7. The van der Waals surface area contributed by atoms with Gasteiger partial charge in [-0.15, -0.1) is 0 Å². The molecule has 0 spiro atoms. The maximum Gasteiger partial charge on any atom is 0.222 e. The van der Waals surface area contributed by atoms with Crippen LogP contribution in [0.3, 0.4) is 0 Å². The lowest BCUT2D eigenvalue weighted by molar-refractivity contribution is 0.103. The fourth-order valence-corrected chi connectivity index (χ4v) is 2.77. The third kappa shape index (κ3) is 5.88. The van der Waals surface area contributed by atoms with Gasteiger partial charge in [-0.05, 0) is 41.4 Å². The fourth-order valence-electron chi connectivity index (χ4n) is 2.57. The minimum absolute atomic E-state index is 0.00609. The molecule has 10 heteroatoms. The van der Waals surface area contributed by atoms with E-state index >= 15 is 0 Å². The van der Waals surface area contributed by atoms with Gasteiger partial charge in [0.25, 0.3) is 0 Å². The van der Waals surface area contributed by atoms with Crippen LogP contribution in [-0.2, 0) is 0 Å². The van der Waals surface area contributed by atoms with Crippen molar-refractivity contribution in [2.45, 2.75) is 6.10 Å². The van der Waals surface area contributed by atoms with E-state index in [9.17, 15) is 18.7 Å². The first-order valence-corrected chi connectivity index (χ1v) is 9.79. The van der Waals surface area contributed by atoms with E-state index in [4.69, 9.17) is 23.2 Å². The van der Waals surface area contributed by atoms with E-state index in [2.05, 4.69) is 19.9 Å². The van der Waals surface area contributed by atoms with Gasteiger partial charge in [0.15, 0.2) is 5.78 Å². The van der Waals surface area contributed by atoms with E-state index < -0.39 is 23.5 Å². The van der Waals surface area contributed by atoms with Crippen LogP contribution in [0.5, 0.6) is 0 Å². The molecule has 6 nitrogen and oxygen atoms in total. The number of hydrogen-bond donors (Lipinski definition) is 1. The van der Waals surface area contributed by atoms with E-state index in [0.717, 1.165) is 0 Å². The van der Waals surface area contributed by atoms with Gasteiger partial charge in [0.2, 0.25) is 10.6 Å². The lowest BCUT2D eigenvalue weighted by Gasteiger charge is -2.11. The Morgan fingerprint density at radius 3 is 1.84 bits per heavy atom. The number of carbonyl (C=O) groups excluding carboxylic acids is 1. The van der Waals surface area contributed by atoms with Gasteiger partial charge < -0.3 is 5.11 Å². The van der Waals surface area contributed by atoms with Gasteiger partial charge in [-0.3, -0.25) is 4.79 Å². The number of halogens is 4. The second kappa shape index (κ2) is 10.8. The summed E-state index contributed by atoms with van der Waals surface area (Å²) in [5.41, 5.74) is 0.783. The van der Waals surface area contributed by atoms with Crippen molar-refractivity contribution in [3.63, 3.8) is 0 Å². The number of rotatable bonds is 4. The molecule has 0 aliphatic heterocycles. The predicted octanol–water partition coefficient (Wildman–Crippen LogP) is 4.85. The molecule has 0 aliphatic carbocycles. The van der Waals surface area contributed by atoms with Crippen molar-refractivity contribution < 1.29 is 18.7 Å². The summed E-state index contributed by atoms with van der Waals surface area (Å²) in [6, 6.07) is 11.8. The van der Waals surface area contributed by atoms with Crippen LogP contribution < -0.4 is 0 Å². The van der Waals surface area contributed by atoms with Crippen LogP contribution in [0.2, 0.25) is 10.6 Å². The van der Waals surface area contributed by atoms with Gasteiger partial charge in [0.05, 0.1) is 11.1 Å². The van der Waals surface area contributed by atoms with Gasteiger partial charge in [0, 0.05) is 35.9 Å². The Morgan fingerprint density at radius 2 is 1.28 bits per heavy atom. The van der Waals surface area contributed by atoms with Crippen molar-refractivity contribution in [1.29, 1.82) is 0 Å². The molecule has 162 valence electrons. The van der Waals surface area contributed by atoms with Gasteiger partial charge in [-0.25, -0.2) is 28.7 Å². The van der Waals surface area contributed by atoms with Crippen LogP contribution in [0.25, 0.3) is 0 Å². The summed E-state index contributed by atoms with van der Waals surface area (Å²) in [7, 11) is 0. The molecule has 0 saturated heterocycles. The first-order valence-electron chi connectivity index (χ1n) is 9.03. The molecule has 2 aromatic heterocycles. The zero-order valence-corrected chi connectivity index (χ0v) is 17.7. The molecule has 2 aromatic carbocycles. The smallest absolute Gasteiger partial charge is 0.222 e. The van der Waals surface area contributed by atoms with Crippen molar-refractivity contribution in [2.75, 3.05) is 0 Å². The number of benzene rings is 2. The number of carbonyl (C=O) groups is 1. The van der Waals surface area contributed by atoms with Crippen molar-refractivity contribution in [3.05, 3.63) is 118 Å². The SMILES string of the molecule is O=C(c1cnc(Cl)nc1)c1ccccc1F.OC(c1cnc(Cl)nc1)c1ccccc1F. The molecule has 4 aromatic rings.